The maximum absolute atomic E-state index is 11.9. The maximum atomic E-state index is 11.9. The zero-order valence-electron chi connectivity index (χ0n) is 9.88. The van der Waals surface area contributed by atoms with Crippen molar-refractivity contribution in [1.82, 2.24) is 10.7 Å². The minimum absolute atomic E-state index is 0.925. The number of carbonyl (C=O) groups excluding carboxylic acids is 1. The van der Waals surface area contributed by atoms with Crippen LogP contribution in [0.15, 0.2) is 12.3 Å². The Kier molecular flexibility index (Phi) is 3.33. The Labute approximate surface area is 113 Å². The smallest absolute Gasteiger partial charge is 0.261 e. The van der Waals surface area contributed by atoms with Crippen LogP contribution < -0.4 is 16.6 Å². The summed E-state index contributed by atoms with van der Waals surface area (Å²) in [6.07, 6.45) is 1.92. The molecule has 0 radical (unpaired) electrons. The molecule has 9 heteroatoms. The molecule has 20 heavy (non-hydrogen) atoms. The van der Waals surface area contributed by atoms with E-state index in [4.69, 9.17) is 5.84 Å². The van der Waals surface area contributed by atoms with E-state index >= 15 is 0 Å². The molecule has 1 heterocycles. The van der Waals surface area contributed by atoms with Crippen LogP contribution in [0.3, 0.4) is 0 Å². The zero-order chi connectivity index (χ0) is 15.4. The van der Waals surface area contributed by atoms with E-state index in [9.17, 15) is 31.1 Å². The highest BCUT2D eigenvalue weighted by atomic mass is 16.2. The summed E-state index contributed by atoms with van der Waals surface area (Å²) in [5.41, 5.74) is -5.72. The number of hydrogen-bond acceptors (Lipinski definition) is 8. The molecule has 0 saturated carbocycles. The molecule has 1 amide bonds. The van der Waals surface area contributed by atoms with Crippen molar-refractivity contribution in [3.8, 4) is 30.3 Å². The van der Waals surface area contributed by atoms with Gasteiger partial charge in [-0.3, -0.25) is 10.2 Å². The van der Waals surface area contributed by atoms with Crippen molar-refractivity contribution in [1.29, 1.82) is 26.3 Å². The summed E-state index contributed by atoms with van der Waals surface area (Å²) >= 11 is 0. The molecule has 0 bridgehead atoms. The van der Waals surface area contributed by atoms with Crippen molar-refractivity contribution in [2.24, 2.45) is 16.7 Å². The van der Waals surface area contributed by atoms with Crippen LogP contribution in [0.4, 0.5) is 0 Å². The van der Waals surface area contributed by atoms with E-state index < -0.39 is 22.3 Å². The van der Waals surface area contributed by atoms with Gasteiger partial charge in [0.15, 0.2) is 5.41 Å². The highest BCUT2D eigenvalue weighted by molar-refractivity contribution is 5.91. The Balaban J connectivity index is 3.92. The van der Waals surface area contributed by atoms with E-state index in [-0.39, 0.29) is 0 Å². The molecule has 0 aliphatic carbocycles. The van der Waals surface area contributed by atoms with Gasteiger partial charge < -0.3 is 5.32 Å². The molecule has 0 aromatic heterocycles. The normalized spacial score (nSPS) is 24.4. The molecule has 1 rings (SSSR count). The van der Waals surface area contributed by atoms with E-state index in [2.05, 4.69) is 5.32 Å². The molecule has 1 aliphatic heterocycles. The molecule has 0 aromatic carbocycles. The number of carbonyl (C=O) groups is 1. The van der Waals surface area contributed by atoms with E-state index in [1.165, 1.54) is 30.3 Å². The number of nitrogens with two attached hydrogens (primary N) is 1. The van der Waals surface area contributed by atoms with Gasteiger partial charge in [-0.1, -0.05) is 0 Å². The van der Waals surface area contributed by atoms with Crippen molar-refractivity contribution in [2.45, 2.75) is 5.54 Å². The second-order valence-electron chi connectivity index (χ2n) is 3.82. The average Bonchev–Trinajstić information content (AvgIpc) is 2.52. The maximum Gasteiger partial charge on any atom is 0.261 e. The molecular formula is C11H6N8O. The first-order chi connectivity index (χ1) is 9.49. The van der Waals surface area contributed by atoms with E-state index in [1.807, 2.05) is 0 Å². The van der Waals surface area contributed by atoms with Crippen molar-refractivity contribution in [3.05, 3.63) is 12.3 Å². The lowest BCUT2D eigenvalue weighted by molar-refractivity contribution is -0.130. The third-order valence-corrected chi connectivity index (χ3v) is 3.12. The van der Waals surface area contributed by atoms with Gasteiger partial charge in [0.1, 0.15) is 12.1 Å². The first kappa shape index (κ1) is 14.5. The lowest BCUT2D eigenvalue weighted by atomic mass is 9.54. The predicted molar refractivity (Wildman–Crippen MR) is 60.3 cm³/mol. The van der Waals surface area contributed by atoms with Crippen LogP contribution in [0.1, 0.15) is 0 Å². The van der Waals surface area contributed by atoms with Crippen LogP contribution in [0.25, 0.3) is 0 Å². The fraction of sp³-hybridized carbons (Fsp3) is 0.273. The molecule has 0 aromatic rings. The van der Waals surface area contributed by atoms with Crippen LogP contribution in [0.5, 0.6) is 0 Å². The van der Waals surface area contributed by atoms with Crippen molar-refractivity contribution >= 4 is 5.91 Å². The molecule has 1 atom stereocenters. The molecular weight excluding hydrogens is 260 g/mol. The number of nitrogens with one attached hydrogen (secondary N) is 2. The molecule has 1 aliphatic rings. The Morgan fingerprint density at radius 3 is 1.95 bits per heavy atom. The molecule has 0 spiro atoms. The fourth-order valence-electron chi connectivity index (χ4n) is 1.98. The Morgan fingerprint density at radius 1 is 1.05 bits per heavy atom. The number of rotatable bonds is 1. The second-order valence-corrected chi connectivity index (χ2v) is 3.82. The Bertz CT molecular complexity index is 660. The number of nitrogens with zero attached hydrogens (tertiary/aromatic N) is 5. The highest BCUT2D eigenvalue weighted by Gasteiger charge is 2.71. The van der Waals surface area contributed by atoms with Gasteiger partial charge in [-0.15, -0.1) is 0 Å². The lowest BCUT2D eigenvalue weighted by Gasteiger charge is -2.42. The zero-order valence-corrected chi connectivity index (χ0v) is 9.88. The SMILES string of the molecule is N#CC1(C#N)NC=CC(C#N)(C(=O)NN)C1(C#N)C#N. The van der Waals surface area contributed by atoms with E-state index in [1.54, 1.807) is 5.43 Å². The summed E-state index contributed by atoms with van der Waals surface area (Å²) < 4.78 is 0. The van der Waals surface area contributed by atoms with Gasteiger partial charge in [-0.25, -0.2) is 5.84 Å². The van der Waals surface area contributed by atoms with Gasteiger partial charge in [-0.05, 0) is 12.3 Å². The molecule has 1 unspecified atom stereocenters. The van der Waals surface area contributed by atoms with Crippen molar-refractivity contribution in [2.75, 3.05) is 0 Å². The third kappa shape index (κ3) is 1.26. The quantitative estimate of drug-likeness (QED) is 0.288. The molecule has 0 saturated heterocycles. The molecule has 9 nitrogen and oxygen atoms in total. The van der Waals surface area contributed by atoms with Crippen LogP contribution in [0, 0.1) is 67.5 Å². The fourth-order valence-corrected chi connectivity index (χ4v) is 1.98. The van der Waals surface area contributed by atoms with Crippen LogP contribution in [-0.2, 0) is 4.79 Å². The Hall–Kier alpha value is -3.58. The van der Waals surface area contributed by atoms with Gasteiger partial charge in [0, 0.05) is 0 Å². The highest BCUT2D eigenvalue weighted by Crippen LogP contribution is 2.49. The predicted octanol–water partition coefficient (Wildman–Crippen LogP) is -1.58. The molecule has 96 valence electrons. The minimum atomic E-state index is -2.60. The summed E-state index contributed by atoms with van der Waals surface area (Å²) in [6, 6.07) is 7.41. The lowest BCUT2D eigenvalue weighted by Crippen LogP contribution is -2.67. The van der Waals surface area contributed by atoms with Gasteiger partial charge in [0.2, 0.25) is 11.0 Å². The topological polar surface area (TPSA) is 186 Å². The van der Waals surface area contributed by atoms with E-state index in [0.29, 0.717) is 0 Å². The minimum Gasteiger partial charge on any atom is -0.360 e. The van der Waals surface area contributed by atoms with Crippen LogP contribution in [-0.4, -0.2) is 11.4 Å². The van der Waals surface area contributed by atoms with Gasteiger partial charge in [0.25, 0.3) is 5.91 Å². The van der Waals surface area contributed by atoms with Crippen LogP contribution in [0.2, 0.25) is 0 Å². The number of hydrogen-bond donors (Lipinski definition) is 3. The largest absolute Gasteiger partial charge is 0.360 e. The summed E-state index contributed by atoms with van der Waals surface area (Å²) in [5.74, 6) is 3.81. The standard InChI is InChI=1S/C11H6N8O/c12-3-9(8(20)19-17)1-2-18-11(6-15,7-16)10(9,4-13)5-14/h1-2,18H,17H2,(H,19,20). The van der Waals surface area contributed by atoms with E-state index in [0.717, 1.165) is 12.3 Å². The second kappa shape index (κ2) is 4.59. The van der Waals surface area contributed by atoms with Crippen LogP contribution >= 0.6 is 0 Å². The summed E-state index contributed by atoms with van der Waals surface area (Å²) in [6.45, 7) is 0. The first-order valence-corrected chi connectivity index (χ1v) is 5.02. The summed E-state index contributed by atoms with van der Waals surface area (Å²) in [5, 5.41) is 48.6. The molecule has 4 N–H and O–H groups in total. The summed E-state index contributed by atoms with van der Waals surface area (Å²) in [4.78, 5) is 11.9. The monoisotopic (exact) mass is 266 g/mol. The van der Waals surface area contributed by atoms with Gasteiger partial charge >= 0.3 is 0 Å². The number of amides is 1. The van der Waals surface area contributed by atoms with Crippen molar-refractivity contribution in [3.63, 3.8) is 0 Å². The third-order valence-electron chi connectivity index (χ3n) is 3.12. The van der Waals surface area contributed by atoms with Gasteiger partial charge in [-0.2, -0.15) is 26.3 Å². The summed E-state index contributed by atoms with van der Waals surface area (Å²) in [7, 11) is 0. The first-order valence-electron chi connectivity index (χ1n) is 5.02. The van der Waals surface area contributed by atoms with Crippen molar-refractivity contribution < 1.29 is 4.79 Å². The molecule has 0 fully saturated rings. The number of nitriles is 5. The Morgan fingerprint density at radius 2 is 1.60 bits per heavy atom. The number of hydrazine groups is 1. The average molecular weight is 266 g/mol. The van der Waals surface area contributed by atoms with Gasteiger partial charge in [0.05, 0.1) is 18.2 Å².